The van der Waals surface area contributed by atoms with Gasteiger partial charge in [0.05, 0.1) is 25.0 Å². The van der Waals surface area contributed by atoms with Gasteiger partial charge in [-0.25, -0.2) is 0 Å². The number of anilines is 1. The van der Waals surface area contributed by atoms with E-state index in [-0.39, 0.29) is 18.0 Å². The Hall–Kier alpha value is -3.68. The van der Waals surface area contributed by atoms with Gasteiger partial charge in [0, 0.05) is 6.54 Å². The molecule has 0 spiro atoms. The molecule has 2 aromatic heterocycles. The van der Waals surface area contributed by atoms with Crippen LogP contribution in [0.4, 0.5) is 6.01 Å². The first kappa shape index (κ1) is 18.4. The molecule has 2 aromatic carbocycles. The predicted molar refractivity (Wildman–Crippen MR) is 112 cm³/mol. The molecule has 3 heterocycles. The van der Waals surface area contributed by atoms with Crippen molar-refractivity contribution >= 4 is 23.0 Å². The van der Waals surface area contributed by atoms with Crippen LogP contribution in [-0.4, -0.2) is 38.5 Å². The number of benzene rings is 2. The van der Waals surface area contributed by atoms with Crippen molar-refractivity contribution in [1.29, 1.82) is 0 Å². The van der Waals surface area contributed by atoms with Crippen LogP contribution in [0.2, 0.25) is 0 Å². The Morgan fingerprint density at radius 1 is 1.10 bits per heavy atom. The van der Waals surface area contributed by atoms with Gasteiger partial charge in [0.25, 0.3) is 6.01 Å². The van der Waals surface area contributed by atoms with Crippen LogP contribution >= 0.6 is 0 Å². The quantitative estimate of drug-likeness (QED) is 0.533. The molecule has 8 heteroatoms. The van der Waals surface area contributed by atoms with Gasteiger partial charge >= 0.3 is 0 Å². The smallest absolute Gasteiger partial charge is 0.299 e. The number of carbonyl (C=O) groups is 1. The molecule has 152 valence electrons. The van der Waals surface area contributed by atoms with Crippen LogP contribution in [0, 0.1) is 0 Å². The minimum Gasteiger partial charge on any atom is -0.423 e. The molecule has 0 radical (unpaired) electrons. The second kappa shape index (κ2) is 7.98. The summed E-state index contributed by atoms with van der Waals surface area (Å²) in [5.41, 5.74) is 2.53. The van der Waals surface area contributed by atoms with E-state index in [0.29, 0.717) is 12.6 Å². The second-order valence-corrected chi connectivity index (χ2v) is 7.37. The minimum atomic E-state index is -0.324. The highest BCUT2D eigenvalue weighted by atomic mass is 16.4. The van der Waals surface area contributed by atoms with E-state index < -0.39 is 0 Å². The first-order valence-corrected chi connectivity index (χ1v) is 10.1. The van der Waals surface area contributed by atoms with Gasteiger partial charge in [-0.3, -0.25) is 4.79 Å². The van der Waals surface area contributed by atoms with Crippen molar-refractivity contribution in [2.45, 2.75) is 31.5 Å². The fourth-order valence-electron chi connectivity index (χ4n) is 3.94. The van der Waals surface area contributed by atoms with Gasteiger partial charge in [0.15, 0.2) is 5.58 Å². The van der Waals surface area contributed by atoms with E-state index in [9.17, 15) is 4.79 Å². The minimum absolute atomic E-state index is 0.0456. The van der Waals surface area contributed by atoms with Crippen molar-refractivity contribution in [2.24, 2.45) is 0 Å². The number of rotatable bonds is 6. The molecule has 1 amide bonds. The summed E-state index contributed by atoms with van der Waals surface area (Å²) in [5.74, 6) is -0.0456. The Labute approximate surface area is 173 Å². The number of para-hydroxylation sites is 2. The maximum absolute atomic E-state index is 13.3. The molecule has 1 aliphatic heterocycles. The van der Waals surface area contributed by atoms with Gasteiger partial charge in [-0.1, -0.05) is 42.5 Å². The van der Waals surface area contributed by atoms with Crippen LogP contribution in [0.1, 0.15) is 24.4 Å². The normalized spacial score (nSPS) is 17.3. The zero-order valence-corrected chi connectivity index (χ0v) is 16.4. The predicted octanol–water partition coefficient (Wildman–Crippen LogP) is 2.95. The molecule has 0 bridgehead atoms. The lowest BCUT2D eigenvalue weighted by atomic mass is 10.1. The van der Waals surface area contributed by atoms with Crippen molar-refractivity contribution in [3.63, 3.8) is 0 Å². The molecule has 1 fully saturated rings. The van der Waals surface area contributed by atoms with E-state index in [1.807, 2.05) is 59.5 Å². The van der Waals surface area contributed by atoms with Crippen LogP contribution in [-0.2, 0) is 11.3 Å². The lowest BCUT2D eigenvalue weighted by molar-refractivity contribution is -0.123. The van der Waals surface area contributed by atoms with Crippen molar-refractivity contribution in [3.8, 4) is 0 Å². The Balaban J connectivity index is 1.37. The van der Waals surface area contributed by atoms with Gasteiger partial charge in [-0.15, -0.1) is 0 Å². The van der Waals surface area contributed by atoms with Crippen molar-refractivity contribution in [3.05, 3.63) is 72.6 Å². The highest BCUT2D eigenvalue weighted by Crippen LogP contribution is 2.29. The second-order valence-electron chi connectivity index (χ2n) is 7.37. The Morgan fingerprint density at radius 2 is 1.87 bits per heavy atom. The molecule has 30 heavy (non-hydrogen) atoms. The number of amides is 1. The summed E-state index contributed by atoms with van der Waals surface area (Å²) in [7, 11) is 0. The molecule has 1 N–H and O–H groups in total. The summed E-state index contributed by atoms with van der Waals surface area (Å²) < 4.78 is 5.92. The number of aromatic nitrogens is 4. The zero-order valence-electron chi connectivity index (χ0n) is 16.4. The van der Waals surface area contributed by atoms with Gasteiger partial charge < -0.3 is 14.6 Å². The van der Waals surface area contributed by atoms with E-state index >= 15 is 0 Å². The maximum Gasteiger partial charge on any atom is 0.299 e. The lowest BCUT2D eigenvalue weighted by Gasteiger charge is -2.25. The SMILES string of the molecule is O=C(N[C@@H](Cn1nccn1)c1ccccc1)[C@@H]1CCCN1c1nc2ccccc2o1. The number of nitrogens with one attached hydrogen (secondary N) is 1. The van der Waals surface area contributed by atoms with E-state index in [1.54, 1.807) is 17.2 Å². The molecule has 4 aromatic rings. The number of hydrogen-bond donors (Lipinski definition) is 1. The fraction of sp³-hybridized carbons (Fsp3) is 0.273. The average Bonchev–Trinajstić information content (AvgIpc) is 3.53. The third-order valence-electron chi connectivity index (χ3n) is 5.41. The first-order valence-electron chi connectivity index (χ1n) is 10.1. The zero-order chi connectivity index (χ0) is 20.3. The summed E-state index contributed by atoms with van der Waals surface area (Å²) >= 11 is 0. The van der Waals surface area contributed by atoms with Gasteiger partial charge in [-0.05, 0) is 30.5 Å². The number of hydrogen-bond acceptors (Lipinski definition) is 6. The molecule has 1 aliphatic rings. The van der Waals surface area contributed by atoms with Gasteiger partial charge in [0.1, 0.15) is 11.6 Å². The third-order valence-corrected chi connectivity index (χ3v) is 5.41. The highest BCUT2D eigenvalue weighted by Gasteiger charge is 2.35. The molecule has 0 aliphatic carbocycles. The Kier molecular flexibility index (Phi) is 4.88. The number of oxazole rings is 1. The summed E-state index contributed by atoms with van der Waals surface area (Å²) in [5, 5.41) is 11.6. The monoisotopic (exact) mass is 402 g/mol. The molecule has 0 unspecified atom stereocenters. The van der Waals surface area contributed by atoms with Crippen LogP contribution < -0.4 is 10.2 Å². The van der Waals surface area contributed by atoms with E-state index in [4.69, 9.17) is 4.42 Å². The summed E-state index contributed by atoms with van der Waals surface area (Å²) in [6.45, 7) is 1.19. The van der Waals surface area contributed by atoms with Crippen LogP contribution in [0.5, 0.6) is 0 Å². The molecular weight excluding hydrogens is 380 g/mol. The standard InChI is InChI=1S/C22H22N6O2/c29-21(25-18(15-28-23-12-13-24-28)16-7-2-1-3-8-16)19-10-6-14-27(19)22-26-17-9-4-5-11-20(17)30-22/h1-5,7-9,11-13,18-19H,6,10,14-15H2,(H,25,29)/t18-,19-/m0/s1. The third kappa shape index (κ3) is 3.63. The Morgan fingerprint density at radius 3 is 2.67 bits per heavy atom. The van der Waals surface area contributed by atoms with Crippen LogP contribution in [0.3, 0.4) is 0 Å². The number of nitrogens with zero attached hydrogens (tertiary/aromatic N) is 5. The topological polar surface area (TPSA) is 89.1 Å². The molecule has 0 saturated carbocycles. The lowest BCUT2D eigenvalue weighted by Crippen LogP contribution is -2.45. The van der Waals surface area contributed by atoms with Crippen molar-refractivity contribution in [2.75, 3.05) is 11.4 Å². The summed E-state index contributed by atoms with van der Waals surface area (Å²) in [6.07, 6.45) is 4.94. The van der Waals surface area contributed by atoms with E-state index in [2.05, 4.69) is 20.5 Å². The molecule has 8 nitrogen and oxygen atoms in total. The van der Waals surface area contributed by atoms with Crippen LogP contribution in [0.15, 0.2) is 71.4 Å². The van der Waals surface area contributed by atoms with Gasteiger partial charge in [0.2, 0.25) is 5.91 Å². The van der Waals surface area contributed by atoms with Crippen molar-refractivity contribution < 1.29 is 9.21 Å². The molecule has 5 rings (SSSR count). The maximum atomic E-state index is 13.3. The molecule has 2 atom stereocenters. The van der Waals surface area contributed by atoms with Gasteiger partial charge in [-0.2, -0.15) is 20.0 Å². The Bertz CT molecular complexity index is 1090. The number of fused-ring (bicyclic) bond motifs is 1. The van der Waals surface area contributed by atoms with E-state index in [0.717, 1.165) is 36.0 Å². The van der Waals surface area contributed by atoms with Crippen LogP contribution in [0.25, 0.3) is 11.1 Å². The first-order chi connectivity index (χ1) is 14.8. The number of carbonyl (C=O) groups excluding carboxylic acids is 1. The highest BCUT2D eigenvalue weighted by molar-refractivity contribution is 5.86. The average molecular weight is 402 g/mol. The fourth-order valence-corrected chi connectivity index (χ4v) is 3.94. The largest absolute Gasteiger partial charge is 0.423 e. The summed E-state index contributed by atoms with van der Waals surface area (Å²) in [4.78, 5) is 21.4. The summed E-state index contributed by atoms with van der Waals surface area (Å²) in [6, 6.07) is 17.5. The molecular formula is C22H22N6O2. The van der Waals surface area contributed by atoms with Crippen molar-refractivity contribution in [1.82, 2.24) is 25.3 Å². The molecule has 1 saturated heterocycles. The van der Waals surface area contributed by atoms with E-state index in [1.165, 1.54) is 0 Å².